The number of rotatable bonds is 2. The highest BCUT2D eigenvalue weighted by molar-refractivity contribution is 6.00. The Balaban J connectivity index is 1.95. The molecule has 5 heteroatoms. The summed E-state index contributed by atoms with van der Waals surface area (Å²) in [5.41, 5.74) is 1.86. The van der Waals surface area contributed by atoms with E-state index in [-0.39, 0.29) is 12.1 Å². The second kappa shape index (κ2) is 5.44. The summed E-state index contributed by atoms with van der Waals surface area (Å²) in [6.07, 6.45) is 2.27. The van der Waals surface area contributed by atoms with E-state index in [2.05, 4.69) is 5.10 Å². The number of amides is 2. The molecule has 0 N–H and O–H groups in total. The highest BCUT2D eigenvalue weighted by Crippen LogP contribution is 2.33. The molecule has 3 rings (SSSR count). The van der Waals surface area contributed by atoms with E-state index in [4.69, 9.17) is 4.42 Å². The van der Waals surface area contributed by atoms with Crippen LogP contribution in [0.25, 0.3) is 0 Å². The zero-order chi connectivity index (χ0) is 14.8. The van der Waals surface area contributed by atoms with Gasteiger partial charge in [0.15, 0.2) is 0 Å². The topological polar surface area (TPSA) is 49.1 Å². The summed E-state index contributed by atoms with van der Waals surface area (Å²) >= 11 is 0. The number of carbonyl (C=O) groups excluding carboxylic acids is 1. The molecule has 0 saturated carbocycles. The minimum atomic E-state index is -0.134. The molecule has 1 aliphatic rings. The van der Waals surface area contributed by atoms with E-state index in [0.29, 0.717) is 12.2 Å². The smallest absolute Gasteiger partial charge is 0.340 e. The minimum absolute atomic E-state index is 0.0961. The van der Waals surface area contributed by atoms with Crippen LogP contribution in [0.5, 0.6) is 0 Å². The number of nitrogens with zero attached hydrogens (tertiary/aromatic N) is 3. The lowest BCUT2D eigenvalue weighted by molar-refractivity contribution is 0.159. The van der Waals surface area contributed by atoms with Gasteiger partial charge in [0.05, 0.1) is 12.3 Å². The number of hydrogen-bond donors (Lipinski definition) is 0. The maximum absolute atomic E-state index is 12.4. The van der Waals surface area contributed by atoms with Crippen molar-refractivity contribution in [3.8, 4) is 0 Å². The lowest BCUT2D eigenvalue weighted by Gasteiger charge is -2.24. The first kappa shape index (κ1) is 13.4. The number of furan rings is 1. The Labute approximate surface area is 123 Å². The van der Waals surface area contributed by atoms with Crippen LogP contribution >= 0.6 is 0 Å². The van der Waals surface area contributed by atoms with Gasteiger partial charge in [0, 0.05) is 20.5 Å². The molecule has 1 aromatic heterocycles. The standard InChI is InChI=1S/C16H17N3O2/c1-18(2)16(20)19-14(12-7-4-3-5-8-12)11-13(17-19)15-9-6-10-21-15/h3-10,14H,11H2,1-2H3. The van der Waals surface area contributed by atoms with Gasteiger partial charge in [0.25, 0.3) is 0 Å². The predicted octanol–water partition coefficient (Wildman–Crippen LogP) is 3.11. The maximum atomic E-state index is 12.4. The Morgan fingerprint density at radius 3 is 2.62 bits per heavy atom. The van der Waals surface area contributed by atoms with Gasteiger partial charge in [0.2, 0.25) is 0 Å². The molecular formula is C16H17N3O2. The molecule has 0 radical (unpaired) electrons. The minimum Gasteiger partial charge on any atom is -0.463 e. The van der Waals surface area contributed by atoms with E-state index >= 15 is 0 Å². The highest BCUT2D eigenvalue weighted by atomic mass is 16.3. The van der Waals surface area contributed by atoms with Crippen LogP contribution in [0.4, 0.5) is 4.79 Å². The van der Waals surface area contributed by atoms with Crippen LogP contribution in [0.3, 0.4) is 0 Å². The molecule has 2 heterocycles. The summed E-state index contributed by atoms with van der Waals surface area (Å²) in [6, 6.07) is 13.4. The first-order valence-corrected chi connectivity index (χ1v) is 6.83. The van der Waals surface area contributed by atoms with Crippen molar-refractivity contribution in [2.75, 3.05) is 14.1 Å². The molecule has 5 nitrogen and oxygen atoms in total. The summed E-state index contributed by atoms with van der Waals surface area (Å²) in [6.45, 7) is 0. The number of hydrogen-bond acceptors (Lipinski definition) is 3. The van der Waals surface area contributed by atoms with Crippen molar-refractivity contribution in [1.82, 2.24) is 9.91 Å². The van der Waals surface area contributed by atoms with Crippen LogP contribution in [-0.2, 0) is 0 Å². The number of hydrazone groups is 1. The molecule has 0 aliphatic carbocycles. The van der Waals surface area contributed by atoms with Gasteiger partial charge in [0.1, 0.15) is 11.5 Å². The molecular weight excluding hydrogens is 266 g/mol. The van der Waals surface area contributed by atoms with Gasteiger partial charge in [-0.15, -0.1) is 0 Å². The number of benzene rings is 1. The summed E-state index contributed by atoms with van der Waals surface area (Å²) in [5, 5.41) is 6.01. The third-order valence-corrected chi connectivity index (χ3v) is 3.48. The van der Waals surface area contributed by atoms with Gasteiger partial charge in [-0.1, -0.05) is 30.3 Å². The van der Waals surface area contributed by atoms with Gasteiger partial charge in [-0.2, -0.15) is 5.10 Å². The van der Waals surface area contributed by atoms with Crippen LogP contribution in [0.1, 0.15) is 23.8 Å². The summed E-state index contributed by atoms with van der Waals surface area (Å²) in [7, 11) is 3.45. The SMILES string of the molecule is CN(C)C(=O)N1N=C(c2ccco2)CC1c1ccccc1. The molecule has 1 aliphatic heterocycles. The molecule has 1 atom stereocenters. The highest BCUT2D eigenvalue weighted by Gasteiger charge is 2.34. The molecule has 1 unspecified atom stereocenters. The third-order valence-electron chi connectivity index (χ3n) is 3.48. The van der Waals surface area contributed by atoms with Crippen molar-refractivity contribution in [2.24, 2.45) is 5.10 Å². The van der Waals surface area contributed by atoms with E-state index < -0.39 is 0 Å². The summed E-state index contributed by atoms with van der Waals surface area (Å²) < 4.78 is 5.41. The zero-order valence-corrected chi connectivity index (χ0v) is 12.1. The Morgan fingerprint density at radius 2 is 2.00 bits per heavy atom. The first-order chi connectivity index (χ1) is 10.2. The van der Waals surface area contributed by atoms with Crippen molar-refractivity contribution in [3.05, 3.63) is 60.1 Å². The summed E-state index contributed by atoms with van der Waals surface area (Å²) in [5.74, 6) is 0.713. The Bertz CT molecular complexity index is 647. The van der Waals surface area contributed by atoms with E-state index in [1.165, 1.54) is 9.91 Å². The molecule has 21 heavy (non-hydrogen) atoms. The van der Waals surface area contributed by atoms with Crippen LogP contribution in [0.15, 0.2) is 58.2 Å². The van der Waals surface area contributed by atoms with Gasteiger partial charge in [-0.05, 0) is 17.7 Å². The molecule has 0 saturated heterocycles. The van der Waals surface area contributed by atoms with E-state index in [1.54, 1.807) is 20.4 Å². The van der Waals surface area contributed by atoms with Crippen molar-refractivity contribution >= 4 is 11.7 Å². The van der Waals surface area contributed by atoms with Crippen molar-refractivity contribution in [2.45, 2.75) is 12.5 Å². The van der Waals surface area contributed by atoms with E-state index in [1.807, 2.05) is 42.5 Å². The molecule has 0 fully saturated rings. The Hall–Kier alpha value is -2.56. The molecule has 2 amide bonds. The second-order valence-electron chi connectivity index (χ2n) is 5.18. The van der Waals surface area contributed by atoms with Crippen LogP contribution in [0.2, 0.25) is 0 Å². The van der Waals surface area contributed by atoms with E-state index in [9.17, 15) is 4.79 Å². The monoisotopic (exact) mass is 283 g/mol. The number of carbonyl (C=O) groups is 1. The summed E-state index contributed by atoms with van der Waals surface area (Å²) in [4.78, 5) is 13.9. The molecule has 108 valence electrons. The van der Waals surface area contributed by atoms with Crippen LogP contribution in [-0.4, -0.2) is 35.7 Å². The maximum Gasteiger partial charge on any atom is 0.340 e. The lowest BCUT2D eigenvalue weighted by atomic mass is 10.0. The quantitative estimate of drug-likeness (QED) is 0.850. The molecule has 2 aromatic rings. The normalized spacial score (nSPS) is 17.7. The fourth-order valence-corrected chi connectivity index (χ4v) is 2.42. The van der Waals surface area contributed by atoms with Crippen molar-refractivity contribution in [1.29, 1.82) is 0 Å². The molecule has 0 bridgehead atoms. The Kier molecular flexibility index (Phi) is 3.48. The van der Waals surface area contributed by atoms with E-state index in [0.717, 1.165) is 11.3 Å². The fourth-order valence-electron chi connectivity index (χ4n) is 2.42. The first-order valence-electron chi connectivity index (χ1n) is 6.83. The van der Waals surface area contributed by atoms with Crippen LogP contribution < -0.4 is 0 Å². The average molecular weight is 283 g/mol. The fraction of sp³-hybridized carbons (Fsp3) is 0.250. The Morgan fingerprint density at radius 1 is 1.24 bits per heavy atom. The van der Waals surface area contributed by atoms with Gasteiger partial charge < -0.3 is 9.32 Å². The predicted molar refractivity (Wildman–Crippen MR) is 80.0 cm³/mol. The van der Waals surface area contributed by atoms with Gasteiger partial charge in [-0.3, -0.25) is 0 Å². The number of urea groups is 1. The third kappa shape index (κ3) is 2.54. The molecule has 0 spiro atoms. The van der Waals surface area contributed by atoms with Crippen molar-refractivity contribution in [3.63, 3.8) is 0 Å². The lowest BCUT2D eigenvalue weighted by Crippen LogP contribution is -2.36. The second-order valence-corrected chi connectivity index (χ2v) is 5.18. The van der Waals surface area contributed by atoms with Gasteiger partial charge in [-0.25, -0.2) is 9.80 Å². The van der Waals surface area contributed by atoms with Gasteiger partial charge >= 0.3 is 6.03 Å². The zero-order valence-electron chi connectivity index (χ0n) is 12.1. The largest absolute Gasteiger partial charge is 0.463 e. The van der Waals surface area contributed by atoms with Crippen LogP contribution in [0, 0.1) is 0 Å². The molecule has 1 aromatic carbocycles. The average Bonchev–Trinajstić information content (AvgIpc) is 3.16. The van der Waals surface area contributed by atoms with Crippen molar-refractivity contribution < 1.29 is 9.21 Å².